The summed E-state index contributed by atoms with van der Waals surface area (Å²) in [5.74, 6) is 2.45. The standard InChI is InChI=1S/C19H25N3O2/c1-3-10-24-15-17-12-21(14-19-20-8-9-22(19)13-17)11-16-4-6-18(23-2)7-5-16/h3-9,17H,1,10-15H2,2H3. The number of hydrogen-bond donors (Lipinski definition) is 0. The molecule has 1 aromatic heterocycles. The summed E-state index contributed by atoms with van der Waals surface area (Å²) in [6.45, 7) is 8.75. The predicted octanol–water partition coefficient (Wildman–Crippen LogP) is 2.73. The van der Waals surface area contributed by atoms with Gasteiger partial charge in [0.1, 0.15) is 11.6 Å². The molecule has 1 aliphatic heterocycles. The van der Waals surface area contributed by atoms with Crippen LogP contribution in [0.25, 0.3) is 0 Å². The van der Waals surface area contributed by atoms with Crippen LogP contribution in [0.3, 0.4) is 0 Å². The summed E-state index contributed by atoms with van der Waals surface area (Å²) in [5, 5.41) is 0. The van der Waals surface area contributed by atoms with E-state index in [4.69, 9.17) is 9.47 Å². The first kappa shape index (κ1) is 16.7. The van der Waals surface area contributed by atoms with Gasteiger partial charge in [-0.1, -0.05) is 18.2 Å². The van der Waals surface area contributed by atoms with Crippen molar-refractivity contribution in [2.24, 2.45) is 5.92 Å². The van der Waals surface area contributed by atoms with E-state index in [1.807, 2.05) is 18.3 Å². The molecular weight excluding hydrogens is 302 g/mol. The second kappa shape index (κ2) is 8.13. The molecule has 5 nitrogen and oxygen atoms in total. The van der Waals surface area contributed by atoms with E-state index in [2.05, 4.69) is 39.4 Å². The van der Waals surface area contributed by atoms with Gasteiger partial charge in [-0.2, -0.15) is 0 Å². The summed E-state index contributed by atoms with van der Waals surface area (Å²) < 4.78 is 13.2. The average Bonchev–Trinajstić information content (AvgIpc) is 2.95. The Kier molecular flexibility index (Phi) is 5.67. The molecular formula is C19H25N3O2. The molecule has 1 unspecified atom stereocenters. The molecule has 1 aliphatic rings. The van der Waals surface area contributed by atoms with Gasteiger partial charge < -0.3 is 14.0 Å². The van der Waals surface area contributed by atoms with Crippen LogP contribution >= 0.6 is 0 Å². The van der Waals surface area contributed by atoms with Crippen molar-refractivity contribution >= 4 is 0 Å². The van der Waals surface area contributed by atoms with Crippen LogP contribution < -0.4 is 4.74 Å². The van der Waals surface area contributed by atoms with Crippen LogP contribution in [-0.2, 0) is 24.4 Å². The Bertz CT molecular complexity index is 651. The summed E-state index contributed by atoms with van der Waals surface area (Å²) in [6.07, 6.45) is 5.75. The molecule has 1 atom stereocenters. The molecule has 0 bridgehead atoms. The minimum Gasteiger partial charge on any atom is -0.497 e. The highest BCUT2D eigenvalue weighted by Gasteiger charge is 2.22. The summed E-state index contributed by atoms with van der Waals surface area (Å²) in [6, 6.07) is 8.27. The predicted molar refractivity (Wildman–Crippen MR) is 93.8 cm³/mol. The lowest BCUT2D eigenvalue weighted by Crippen LogP contribution is -2.30. The molecule has 2 aromatic rings. The SMILES string of the molecule is C=CCOCC1CN(Cc2ccc(OC)cc2)Cc2nccn2C1. The van der Waals surface area contributed by atoms with Crippen molar-refractivity contribution in [2.75, 3.05) is 26.9 Å². The molecule has 128 valence electrons. The minimum atomic E-state index is 0.443. The lowest BCUT2D eigenvalue weighted by atomic mass is 10.1. The highest BCUT2D eigenvalue weighted by molar-refractivity contribution is 5.27. The molecule has 2 heterocycles. The first-order valence-electron chi connectivity index (χ1n) is 8.32. The van der Waals surface area contributed by atoms with Gasteiger partial charge in [-0.05, 0) is 17.7 Å². The van der Waals surface area contributed by atoms with Gasteiger partial charge in [0.15, 0.2) is 0 Å². The minimum absolute atomic E-state index is 0.443. The number of imidazole rings is 1. The molecule has 0 fully saturated rings. The lowest BCUT2D eigenvalue weighted by molar-refractivity contribution is 0.0943. The number of benzene rings is 1. The number of fused-ring (bicyclic) bond motifs is 1. The van der Waals surface area contributed by atoms with Crippen molar-refractivity contribution in [2.45, 2.75) is 19.6 Å². The summed E-state index contributed by atoms with van der Waals surface area (Å²) in [4.78, 5) is 6.95. The molecule has 24 heavy (non-hydrogen) atoms. The van der Waals surface area contributed by atoms with Crippen molar-refractivity contribution in [3.8, 4) is 5.75 Å². The van der Waals surface area contributed by atoms with Crippen molar-refractivity contribution < 1.29 is 9.47 Å². The van der Waals surface area contributed by atoms with Gasteiger partial charge in [0, 0.05) is 37.9 Å². The number of methoxy groups -OCH3 is 1. The second-order valence-corrected chi connectivity index (χ2v) is 6.21. The molecule has 0 saturated heterocycles. The Morgan fingerprint density at radius 2 is 2.12 bits per heavy atom. The Morgan fingerprint density at radius 1 is 1.29 bits per heavy atom. The van der Waals surface area contributed by atoms with Gasteiger partial charge in [-0.15, -0.1) is 6.58 Å². The number of ether oxygens (including phenoxy) is 2. The maximum Gasteiger partial charge on any atom is 0.122 e. The fraction of sp³-hybridized carbons (Fsp3) is 0.421. The highest BCUT2D eigenvalue weighted by Crippen LogP contribution is 2.19. The van der Waals surface area contributed by atoms with Crippen LogP contribution in [0.15, 0.2) is 49.3 Å². The Hall–Kier alpha value is -2.11. The van der Waals surface area contributed by atoms with Gasteiger partial charge in [-0.25, -0.2) is 4.98 Å². The second-order valence-electron chi connectivity index (χ2n) is 6.21. The van der Waals surface area contributed by atoms with Gasteiger partial charge in [0.25, 0.3) is 0 Å². The highest BCUT2D eigenvalue weighted by atomic mass is 16.5. The van der Waals surface area contributed by atoms with Crippen LogP contribution in [0.4, 0.5) is 0 Å². The van der Waals surface area contributed by atoms with Crippen molar-refractivity contribution in [1.82, 2.24) is 14.5 Å². The maximum atomic E-state index is 5.70. The first-order chi connectivity index (χ1) is 11.8. The molecule has 1 aromatic carbocycles. The summed E-state index contributed by atoms with van der Waals surface area (Å²) in [5.41, 5.74) is 1.28. The fourth-order valence-corrected chi connectivity index (χ4v) is 3.16. The van der Waals surface area contributed by atoms with Crippen LogP contribution in [-0.4, -0.2) is 41.3 Å². The molecule has 0 amide bonds. The normalized spacial score (nSPS) is 18.0. The van der Waals surface area contributed by atoms with E-state index in [1.54, 1.807) is 13.2 Å². The van der Waals surface area contributed by atoms with Crippen molar-refractivity contribution in [1.29, 1.82) is 0 Å². The van der Waals surface area contributed by atoms with E-state index in [1.165, 1.54) is 5.56 Å². The summed E-state index contributed by atoms with van der Waals surface area (Å²) >= 11 is 0. The van der Waals surface area contributed by atoms with E-state index in [9.17, 15) is 0 Å². The average molecular weight is 327 g/mol. The van der Waals surface area contributed by atoms with Gasteiger partial charge in [-0.3, -0.25) is 4.90 Å². The largest absolute Gasteiger partial charge is 0.497 e. The van der Waals surface area contributed by atoms with E-state index in [0.29, 0.717) is 12.5 Å². The van der Waals surface area contributed by atoms with Gasteiger partial charge in [0.2, 0.25) is 0 Å². The molecule has 0 spiro atoms. The summed E-state index contributed by atoms with van der Waals surface area (Å²) in [7, 11) is 1.69. The topological polar surface area (TPSA) is 39.5 Å². The Balaban J connectivity index is 1.69. The maximum absolute atomic E-state index is 5.70. The van der Waals surface area contributed by atoms with Crippen LogP contribution in [0.5, 0.6) is 5.75 Å². The van der Waals surface area contributed by atoms with Crippen LogP contribution in [0.1, 0.15) is 11.4 Å². The van der Waals surface area contributed by atoms with E-state index < -0.39 is 0 Å². The van der Waals surface area contributed by atoms with Gasteiger partial charge >= 0.3 is 0 Å². The van der Waals surface area contributed by atoms with Crippen molar-refractivity contribution in [3.05, 3.63) is 60.7 Å². The van der Waals surface area contributed by atoms with Crippen LogP contribution in [0, 0.1) is 5.92 Å². The number of aromatic nitrogens is 2. The molecule has 0 N–H and O–H groups in total. The smallest absolute Gasteiger partial charge is 0.122 e. The number of nitrogens with zero attached hydrogens (tertiary/aromatic N) is 3. The van der Waals surface area contributed by atoms with Gasteiger partial charge in [0.05, 0.1) is 26.9 Å². The van der Waals surface area contributed by atoms with E-state index in [0.717, 1.165) is 44.4 Å². The quantitative estimate of drug-likeness (QED) is 0.579. The monoisotopic (exact) mass is 327 g/mol. The molecule has 3 rings (SSSR count). The lowest BCUT2D eigenvalue weighted by Gasteiger charge is -2.23. The third-order valence-corrected chi connectivity index (χ3v) is 4.29. The molecule has 0 aliphatic carbocycles. The number of rotatable bonds is 7. The zero-order chi connectivity index (χ0) is 16.8. The number of hydrogen-bond acceptors (Lipinski definition) is 4. The third-order valence-electron chi connectivity index (χ3n) is 4.29. The molecule has 0 saturated carbocycles. The zero-order valence-electron chi connectivity index (χ0n) is 14.2. The zero-order valence-corrected chi connectivity index (χ0v) is 14.2. The third kappa shape index (κ3) is 4.24. The molecule has 5 heteroatoms. The van der Waals surface area contributed by atoms with E-state index in [-0.39, 0.29) is 0 Å². The Labute approximate surface area is 143 Å². The van der Waals surface area contributed by atoms with Crippen molar-refractivity contribution in [3.63, 3.8) is 0 Å². The van der Waals surface area contributed by atoms with Crippen LogP contribution in [0.2, 0.25) is 0 Å². The molecule has 0 radical (unpaired) electrons. The van der Waals surface area contributed by atoms with E-state index >= 15 is 0 Å². The Morgan fingerprint density at radius 3 is 2.88 bits per heavy atom. The first-order valence-corrected chi connectivity index (χ1v) is 8.32. The fourth-order valence-electron chi connectivity index (χ4n) is 3.16.